The van der Waals surface area contributed by atoms with E-state index in [9.17, 15) is 9.59 Å². The summed E-state index contributed by atoms with van der Waals surface area (Å²) in [5.74, 6) is -0.0582. The van der Waals surface area contributed by atoms with Crippen molar-refractivity contribution >= 4 is 5.97 Å². The maximum atomic E-state index is 11.6. The molecule has 0 aliphatic rings. The highest BCUT2D eigenvalue weighted by Crippen LogP contribution is 2.30. The zero-order valence-electron chi connectivity index (χ0n) is 10.8. The lowest BCUT2D eigenvalue weighted by molar-refractivity contribution is 0.0694. The predicted octanol–water partition coefficient (Wildman–Crippen LogP) is 1.15. The Morgan fingerprint density at radius 3 is 2.60 bits per heavy atom. The fourth-order valence-electron chi connectivity index (χ4n) is 1.68. The van der Waals surface area contributed by atoms with Crippen molar-refractivity contribution in [1.82, 2.24) is 9.97 Å². The number of benzene rings is 1. The number of ether oxygens (including phenoxy) is 2. The Morgan fingerprint density at radius 1 is 1.30 bits per heavy atom. The Balaban J connectivity index is 2.54. The van der Waals surface area contributed by atoms with E-state index in [1.165, 1.54) is 14.2 Å². The van der Waals surface area contributed by atoms with Crippen LogP contribution in [-0.4, -0.2) is 35.3 Å². The molecule has 0 spiro atoms. The van der Waals surface area contributed by atoms with Crippen LogP contribution in [0.5, 0.6) is 11.5 Å². The molecule has 0 bridgehead atoms. The lowest BCUT2D eigenvalue weighted by Gasteiger charge is -2.09. The van der Waals surface area contributed by atoms with E-state index in [4.69, 9.17) is 14.6 Å². The minimum absolute atomic E-state index is 0.222. The van der Waals surface area contributed by atoms with Gasteiger partial charge in [-0.3, -0.25) is 4.79 Å². The summed E-state index contributed by atoms with van der Waals surface area (Å²) in [4.78, 5) is 28.8. The van der Waals surface area contributed by atoms with Gasteiger partial charge in [-0.1, -0.05) is 0 Å². The lowest BCUT2D eigenvalue weighted by Crippen LogP contribution is -2.18. The van der Waals surface area contributed by atoms with Crippen LogP contribution in [-0.2, 0) is 0 Å². The molecular formula is C13H12N2O5. The van der Waals surface area contributed by atoms with E-state index >= 15 is 0 Å². The second-order valence-electron chi connectivity index (χ2n) is 3.85. The summed E-state index contributed by atoms with van der Waals surface area (Å²) in [6, 6.07) is 4.99. The summed E-state index contributed by atoms with van der Waals surface area (Å²) in [5, 5.41) is 8.79. The van der Waals surface area contributed by atoms with Gasteiger partial charge in [-0.15, -0.1) is 0 Å². The molecule has 2 rings (SSSR count). The molecule has 2 N–H and O–H groups in total. The third-order valence-corrected chi connectivity index (χ3v) is 2.69. The molecule has 0 fully saturated rings. The van der Waals surface area contributed by atoms with Crippen LogP contribution in [0, 0.1) is 0 Å². The molecule has 0 radical (unpaired) electrons. The predicted molar refractivity (Wildman–Crippen MR) is 70.4 cm³/mol. The van der Waals surface area contributed by atoms with E-state index in [1.807, 2.05) is 0 Å². The summed E-state index contributed by atoms with van der Waals surface area (Å²) in [5.41, 5.74) is -0.607. The standard InChI is InChI=1S/C13H12N2O5/c1-19-7-3-4-8(10(5-7)20-2)11-14-6-9(13(17)18)12(16)15-11/h3-6H,1-2H3,(H,17,18)(H,14,15,16). The summed E-state index contributed by atoms with van der Waals surface area (Å²) in [6.07, 6.45) is 1.01. The SMILES string of the molecule is COc1ccc(-c2ncc(C(=O)O)c(=O)[nH]2)c(OC)c1. The van der Waals surface area contributed by atoms with E-state index < -0.39 is 17.1 Å². The number of hydrogen-bond donors (Lipinski definition) is 2. The van der Waals surface area contributed by atoms with E-state index in [-0.39, 0.29) is 5.82 Å². The molecule has 104 valence electrons. The molecule has 1 aromatic carbocycles. The van der Waals surface area contributed by atoms with Gasteiger partial charge in [-0.2, -0.15) is 0 Å². The molecule has 0 unspecified atom stereocenters. The van der Waals surface area contributed by atoms with Gasteiger partial charge in [-0.05, 0) is 12.1 Å². The van der Waals surface area contributed by atoms with Gasteiger partial charge in [0.15, 0.2) is 0 Å². The van der Waals surface area contributed by atoms with Crippen LogP contribution in [0.15, 0.2) is 29.2 Å². The van der Waals surface area contributed by atoms with Crippen molar-refractivity contribution in [3.63, 3.8) is 0 Å². The molecule has 0 saturated carbocycles. The van der Waals surface area contributed by atoms with Crippen molar-refractivity contribution in [2.75, 3.05) is 14.2 Å². The Hall–Kier alpha value is -2.83. The van der Waals surface area contributed by atoms with Crippen molar-refractivity contribution in [2.24, 2.45) is 0 Å². The van der Waals surface area contributed by atoms with Crippen LogP contribution >= 0.6 is 0 Å². The van der Waals surface area contributed by atoms with Crippen LogP contribution in [0.1, 0.15) is 10.4 Å². The first kappa shape index (κ1) is 13.6. The highest BCUT2D eigenvalue weighted by Gasteiger charge is 2.13. The van der Waals surface area contributed by atoms with E-state index in [1.54, 1.807) is 18.2 Å². The number of aromatic nitrogens is 2. The smallest absolute Gasteiger partial charge is 0.342 e. The third-order valence-electron chi connectivity index (χ3n) is 2.69. The topological polar surface area (TPSA) is 102 Å². The number of carboxylic acids is 1. The fourth-order valence-corrected chi connectivity index (χ4v) is 1.68. The fraction of sp³-hybridized carbons (Fsp3) is 0.154. The van der Waals surface area contributed by atoms with Crippen molar-refractivity contribution < 1.29 is 19.4 Å². The van der Waals surface area contributed by atoms with Gasteiger partial charge in [0.05, 0.1) is 19.8 Å². The Morgan fingerprint density at radius 2 is 2.05 bits per heavy atom. The molecule has 1 aromatic heterocycles. The average molecular weight is 276 g/mol. The highest BCUT2D eigenvalue weighted by atomic mass is 16.5. The van der Waals surface area contributed by atoms with E-state index in [0.29, 0.717) is 17.1 Å². The van der Waals surface area contributed by atoms with Gasteiger partial charge in [0.25, 0.3) is 5.56 Å². The van der Waals surface area contributed by atoms with Crippen molar-refractivity contribution in [1.29, 1.82) is 0 Å². The van der Waals surface area contributed by atoms with Gasteiger partial charge in [-0.25, -0.2) is 9.78 Å². The maximum Gasteiger partial charge on any atom is 0.342 e. The zero-order valence-corrected chi connectivity index (χ0v) is 10.8. The number of aromatic carboxylic acids is 1. The van der Waals surface area contributed by atoms with Crippen molar-refractivity contribution in [2.45, 2.75) is 0 Å². The van der Waals surface area contributed by atoms with Crippen molar-refractivity contribution in [3.05, 3.63) is 40.3 Å². The molecule has 0 aliphatic heterocycles. The lowest BCUT2D eigenvalue weighted by atomic mass is 10.1. The molecular weight excluding hydrogens is 264 g/mol. The number of H-pyrrole nitrogens is 1. The second kappa shape index (κ2) is 5.43. The number of aromatic amines is 1. The number of hydrogen-bond acceptors (Lipinski definition) is 5. The number of rotatable bonds is 4. The van der Waals surface area contributed by atoms with Crippen LogP contribution in [0.25, 0.3) is 11.4 Å². The van der Waals surface area contributed by atoms with E-state index in [0.717, 1.165) is 6.20 Å². The molecule has 2 aromatic rings. The highest BCUT2D eigenvalue weighted by molar-refractivity contribution is 5.86. The Kier molecular flexibility index (Phi) is 3.69. The first-order valence-corrected chi connectivity index (χ1v) is 5.62. The molecule has 0 atom stereocenters. The number of nitrogens with zero attached hydrogens (tertiary/aromatic N) is 1. The van der Waals surface area contributed by atoms with Crippen LogP contribution in [0.3, 0.4) is 0 Å². The van der Waals surface area contributed by atoms with Gasteiger partial charge < -0.3 is 19.6 Å². The zero-order chi connectivity index (χ0) is 14.7. The number of carboxylic acid groups (broad SMARTS) is 1. The van der Waals surface area contributed by atoms with Gasteiger partial charge >= 0.3 is 5.97 Å². The molecule has 20 heavy (non-hydrogen) atoms. The Labute approximate surface area is 113 Å². The third kappa shape index (κ3) is 2.46. The maximum absolute atomic E-state index is 11.6. The number of methoxy groups -OCH3 is 2. The quantitative estimate of drug-likeness (QED) is 0.868. The van der Waals surface area contributed by atoms with Crippen LogP contribution < -0.4 is 15.0 Å². The molecule has 0 aliphatic carbocycles. The molecule has 1 heterocycles. The summed E-state index contributed by atoms with van der Waals surface area (Å²) < 4.78 is 10.3. The first-order valence-electron chi connectivity index (χ1n) is 5.62. The minimum Gasteiger partial charge on any atom is -0.497 e. The molecule has 0 amide bonds. The van der Waals surface area contributed by atoms with Gasteiger partial charge in [0.1, 0.15) is 22.9 Å². The van der Waals surface area contributed by atoms with Gasteiger partial charge in [0.2, 0.25) is 0 Å². The normalized spacial score (nSPS) is 10.1. The largest absolute Gasteiger partial charge is 0.497 e. The van der Waals surface area contributed by atoms with Crippen molar-refractivity contribution in [3.8, 4) is 22.9 Å². The van der Waals surface area contributed by atoms with Crippen LogP contribution in [0.2, 0.25) is 0 Å². The number of carbonyl (C=O) groups is 1. The first-order chi connectivity index (χ1) is 9.56. The minimum atomic E-state index is -1.33. The molecule has 0 saturated heterocycles. The second-order valence-corrected chi connectivity index (χ2v) is 3.85. The molecule has 7 nitrogen and oxygen atoms in total. The summed E-state index contributed by atoms with van der Waals surface area (Å²) >= 11 is 0. The van der Waals surface area contributed by atoms with E-state index in [2.05, 4.69) is 9.97 Å². The van der Waals surface area contributed by atoms with Gasteiger partial charge in [0, 0.05) is 12.3 Å². The summed E-state index contributed by atoms with van der Waals surface area (Å²) in [7, 11) is 3.00. The Bertz CT molecular complexity index is 708. The van der Waals surface area contributed by atoms with Crippen LogP contribution in [0.4, 0.5) is 0 Å². The monoisotopic (exact) mass is 276 g/mol. The molecule has 7 heteroatoms. The number of nitrogens with one attached hydrogen (secondary N) is 1. The average Bonchev–Trinajstić information content (AvgIpc) is 2.46. The summed E-state index contributed by atoms with van der Waals surface area (Å²) in [6.45, 7) is 0.